The molecule has 0 bridgehead atoms. The SMILES string of the molecule is NCCC[Te][Te]CCCN. The Kier molecular flexibility index (Phi) is 12.1. The molecule has 0 aromatic rings. The van der Waals surface area contributed by atoms with E-state index in [1.54, 1.807) is 0 Å². The molecule has 0 radical (unpaired) electrons. The first-order valence-electron chi connectivity index (χ1n) is 3.56. The summed E-state index contributed by atoms with van der Waals surface area (Å²) in [5.41, 5.74) is 10.8. The topological polar surface area (TPSA) is 52.0 Å². The number of hydrogen-bond donors (Lipinski definition) is 2. The first-order valence-corrected chi connectivity index (χ1v) is 14.2. The zero-order chi connectivity index (χ0) is 7.66. The molecule has 0 aliphatic rings. The van der Waals surface area contributed by atoms with E-state index in [4.69, 9.17) is 11.5 Å². The van der Waals surface area contributed by atoms with Crippen molar-refractivity contribution < 1.29 is 0 Å². The number of rotatable bonds is 7. The maximum absolute atomic E-state index is 5.38. The Balaban J connectivity index is 2.65. The van der Waals surface area contributed by atoms with E-state index in [0.29, 0.717) is 34.1 Å². The van der Waals surface area contributed by atoms with Crippen LogP contribution in [-0.2, 0) is 0 Å². The van der Waals surface area contributed by atoms with Gasteiger partial charge >= 0.3 is 80.5 Å². The monoisotopic (exact) mass is 376 g/mol. The molecule has 0 aliphatic carbocycles. The zero-order valence-corrected chi connectivity index (χ0v) is 10.9. The molecule has 0 saturated carbocycles. The molecule has 62 valence electrons. The second-order valence-electron chi connectivity index (χ2n) is 1.93. The third-order valence-corrected chi connectivity index (χ3v) is 13.6. The minimum atomic E-state index is 0.444. The Morgan fingerprint density at radius 1 is 0.800 bits per heavy atom. The molecule has 4 N–H and O–H groups in total. The van der Waals surface area contributed by atoms with E-state index < -0.39 is 0 Å². The van der Waals surface area contributed by atoms with Gasteiger partial charge in [0.2, 0.25) is 0 Å². The van der Waals surface area contributed by atoms with Crippen molar-refractivity contribution in [3.63, 3.8) is 0 Å². The number of nitrogens with two attached hydrogens (primary N) is 2. The Hall–Kier alpha value is 1.50. The fraction of sp³-hybridized carbons (Fsp3) is 1.00. The van der Waals surface area contributed by atoms with Gasteiger partial charge in [-0.1, -0.05) is 0 Å². The molecule has 0 unspecified atom stereocenters. The Labute approximate surface area is 79.8 Å². The van der Waals surface area contributed by atoms with Crippen molar-refractivity contribution in [2.75, 3.05) is 13.1 Å². The molecule has 0 aliphatic heterocycles. The minimum absolute atomic E-state index is 0.444. The zero-order valence-electron chi connectivity index (χ0n) is 6.21. The van der Waals surface area contributed by atoms with E-state index in [0.717, 1.165) is 13.1 Å². The van der Waals surface area contributed by atoms with Crippen LogP contribution >= 0.6 is 0 Å². The summed E-state index contributed by atoms with van der Waals surface area (Å²) in [5, 5.41) is 0. The van der Waals surface area contributed by atoms with Crippen LogP contribution in [0.25, 0.3) is 0 Å². The summed E-state index contributed by atoms with van der Waals surface area (Å²) >= 11 is 0.888. The summed E-state index contributed by atoms with van der Waals surface area (Å²) in [5.74, 6) is 0. The summed E-state index contributed by atoms with van der Waals surface area (Å²) in [6.45, 7) is 1.79. The molecule has 0 spiro atoms. The third-order valence-electron chi connectivity index (χ3n) is 0.947. The van der Waals surface area contributed by atoms with Gasteiger partial charge in [-0.2, -0.15) is 0 Å². The fourth-order valence-electron chi connectivity index (χ4n) is 0.402. The van der Waals surface area contributed by atoms with Gasteiger partial charge in [0.05, 0.1) is 0 Å². The van der Waals surface area contributed by atoms with E-state index in [2.05, 4.69) is 0 Å². The Morgan fingerprint density at radius 3 is 1.50 bits per heavy atom. The summed E-state index contributed by atoms with van der Waals surface area (Å²) in [4.78, 5) is 0. The molecule has 0 amide bonds. The Morgan fingerprint density at radius 2 is 1.20 bits per heavy atom. The van der Waals surface area contributed by atoms with Crippen molar-refractivity contribution in [3.05, 3.63) is 0 Å². The van der Waals surface area contributed by atoms with Crippen molar-refractivity contribution in [3.8, 4) is 0 Å². The summed E-state index contributed by atoms with van der Waals surface area (Å²) < 4.78 is 2.96. The van der Waals surface area contributed by atoms with Crippen LogP contribution in [0.3, 0.4) is 0 Å². The van der Waals surface area contributed by atoms with Crippen LogP contribution in [0.5, 0.6) is 0 Å². The van der Waals surface area contributed by atoms with Crippen molar-refractivity contribution in [1.29, 1.82) is 0 Å². The quantitative estimate of drug-likeness (QED) is 0.483. The van der Waals surface area contributed by atoms with Crippen molar-refractivity contribution in [2.24, 2.45) is 11.5 Å². The molecule has 10 heavy (non-hydrogen) atoms. The molecular weight excluding hydrogens is 355 g/mol. The van der Waals surface area contributed by atoms with E-state index in [1.807, 2.05) is 0 Å². The summed E-state index contributed by atoms with van der Waals surface area (Å²) in [7, 11) is 0. The summed E-state index contributed by atoms with van der Waals surface area (Å²) in [6.07, 6.45) is 2.55. The van der Waals surface area contributed by atoms with Crippen LogP contribution in [0.4, 0.5) is 0 Å². The van der Waals surface area contributed by atoms with Crippen molar-refractivity contribution in [2.45, 2.75) is 21.8 Å². The molecule has 0 fully saturated rings. The molecule has 2 nitrogen and oxygen atoms in total. The van der Waals surface area contributed by atoms with Crippen LogP contribution in [0, 0.1) is 0 Å². The van der Waals surface area contributed by atoms with Crippen LogP contribution in [-0.4, -0.2) is 47.2 Å². The van der Waals surface area contributed by atoms with E-state index >= 15 is 0 Å². The molecular formula is C6H16N2Te2. The van der Waals surface area contributed by atoms with Gasteiger partial charge in [0.15, 0.2) is 0 Å². The molecule has 0 atom stereocenters. The first-order chi connectivity index (χ1) is 4.91. The average Bonchev–Trinajstić information content (AvgIpc) is 1.97. The van der Waals surface area contributed by atoms with Gasteiger partial charge in [-0.15, -0.1) is 0 Å². The van der Waals surface area contributed by atoms with E-state index in [1.165, 1.54) is 21.8 Å². The third kappa shape index (κ3) is 9.50. The average molecular weight is 371 g/mol. The van der Waals surface area contributed by atoms with Gasteiger partial charge < -0.3 is 0 Å². The predicted molar refractivity (Wildman–Crippen MR) is 48.5 cm³/mol. The van der Waals surface area contributed by atoms with Gasteiger partial charge in [-0.3, -0.25) is 0 Å². The van der Waals surface area contributed by atoms with Crippen molar-refractivity contribution in [1.82, 2.24) is 0 Å². The summed E-state index contributed by atoms with van der Waals surface area (Å²) in [6, 6.07) is 0. The predicted octanol–water partition coefficient (Wildman–Crippen LogP) is -0.156. The fourth-order valence-corrected chi connectivity index (χ4v) is 11.7. The van der Waals surface area contributed by atoms with Crippen LogP contribution in [0.1, 0.15) is 12.8 Å². The Bertz CT molecular complexity index is 53.7. The molecule has 4 heteroatoms. The normalized spacial score (nSPS) is 10.2. The second-order valence-corrected chi connectivity index (χ2v) is 14.6. The maximum atomic E-state index is 5.38. The van der Waals surface area contributed by atoms with E-state index in [9.17, 15) is 0 Å². The standard InChI is InChI=1S/C6H16N2Te2/c7-3-1-5-9-10-6-2-4-8/h1-8H2. The molecule has 0 aromatic heterocycles. The van der Waals surface area contributed by atoms with Crippen LogP contribution in [0.15, 0.2) is 0 Å². The second kappa shape index (κ2) is 10.5. The molecule has 0 rings (SSSR count). The van der Waals surface area contributed by atoms with Gasteiger partial charge in [-0.25, -0.2) is 0 Å². The van der Waals surface area contributed by atoms with Gasteiger partial charge in [0, 0.05) is 0 Å². The van der Waals surface area contributed by atoms with Crippen molar-refractivity contribution >= 4 is 34.1 Å². The van der Waals surface area contributed by atoms with E-state index in [-0.39, 0.29) is 0 Å². The molecule has 0 saturated heterocycles. The van der Waals surface area contributed by atoms with Gasteiger partial charge in [0.1, 0.15) is 0 Å². The van der Waals surface area contributed by atoms with Crippen LogP contribution < -0.4 is 11.5 Å². The van der Waals surface area contributed by atoms with Gasteiger partial charge in [0.25, 0.3) is 0 Å². The number of hydrogen-bond acceptors (Lipinski definition) is 2. The first kappa shape index (κ1) is 11.5. The van der Waals surface area contributed by atoms with Gasteiger partial charge in [-0.05, 0) is 0 Å². The molecule has 0 aromatic carbocycles. The van der Waals surface area contributed by atoms with Crippen LogP contribution in [0.2, 0.25) is 8.94 Å². The molecule has 0 heterocycles.